The molecule has 4 rings (SSSR count). The predicted molar refractivity (Wildman–Crippen MR) is 182 cm³/mol. The second-order valence-corrected chi connectivity index (χ2v) is 12.6. The second-order valence-electron chi connectivity index (χ2n) is 12.6. The van der Waals surface area contributed by atoms with Crippen molar-refractivity contribution in [1.29, 1.82) is 0 Å². The van der Waals surface area contributed by atoms with E-state index in [1.54, 1.807) is 44.3 Å². The number of ether oxygens (including phenoxy) is 2. The number of rotatable bonds is 7. The number of benzene rings is 2. The average molecular weight is 700 g/mol. The van der Waals surface area contributed by atoms with E-state index >= 15 is 0 Å². The van der Waals surface area contributed by atoms with Crippen molar-refractivity contribution in [2.75, 3.05) is 44.0 Å². The summed E-state index contributed by atoms with van der Waals surface area (Å²) in [5, 5.41) is 15.6. The minimum absolute atomic E-state index is 0.116. The number of carbonyl (C=O) groups is 3. The number of nitrogens with zero attached hydrogens (tertiary/aromatic N) is 3. The number of pyridine rings is 1. The molecule has 1 aromatic heterocycles. The Bertz CT molecular complexity index is 1590. The molecule has 1 aliphatic heterocycles. The number of aliphatic hydroxyl groups excluding tert-OH is 1. The molecule has 3 aromatic rings. The highest BCUT2D eigenvalue weighted by atomic mass is 19.4. The molecule has 4 atom stereocenters. The van der Waals surface area contributed by atoms with Gasteiger partial charge in [-0.2, -0.15) is 13.2 Å². The lowest BCUT2D eigenvalue weighted by atomic mass is 10.0. The standard InChI is InChI=1S/C36H44F3N5O6/c1-23-20-44(24(2)22-45)34(47)30-19-29(41-33(46)26-14-16-40-17-15-26)12-13-31(30)50-25(3)7-5-6-18-49-32(23)21-43(4)35(48)42-28-10-8-27(9-11-28)36(37,38)39/h8-17,19,23-25,32,45H,5-7,18,20-22H2,1-4H3,(H,41,46)(H,42,48)/t23-,24+,25-,32+/m1/s1. The number of carbonyl (C=O) groups excluding carboxylic acids is 3. The van der Waals surface area contributed by atoms with Gasteiger partial charge in [0.25, 0.3) is 11.8 Å². The number of hydrogen-bond donors (Lipinski definition) is 3. The van der Waals surface area contributed by atoms with Crippen LogP contribution in [0.25, 0.3) is 0 Å². The Morgan fingerprint density at radius 2 is 1.72 bits per heavy atom. The Hall–Kier alpha value is -4.69. The van der Waals surface area contributed by atoms with E-state index in [0.29, 0.717) is 36.4 Å². The molecule has 4 amide bonds. The van der Waals surface area contributed by atoms with Gasteiger partial charge in [0.2, 0.25) is 0 Å². The smallest absolute Gasteiger partial charge is 0.416 e. The summed E-state index contributed by atoms with van der Waals surface area (Å²) in [5.41, 5.74) is 0.359. The Morgan fingerprint density at radius 1 is 1.04 bits per heavy atom. The zero-order valence-corrected chi connectivity index (χ0v) is 28.6. The summed E-state index contributed by atoms with van der Waals surface area (Å²) >= 11 is 0. The Kier molecular flexibility index (Phi) is 13.2. The molecule has 14 heteroatoms. The molecular weight excluding hydrogens is 655 g/mol. The first-order valence-electron chi connectivity index (χ1n) is 16.5. The van der Waals surface area contributed by atoms with Crippen molar-refractivity contribution in [3.8, 4) is 5.75 Å². The van der Waals surface area contributed by atoms with E-state index in [-0.39, 0.29) is 48.9 Å². The first kappa shape index (κ1) is 38.1. The number of aliphatic hydroxyl groups is 1. The zero-order chi connectivity index (χ0) is 36.4. The van der Waals surface area contributed by atoms with Crippen LogP contribution in [0.2, 0.25) is 0 Å². The number of hydrogen-bond acceptors (Lipinski definition) is 7. The molecule has 0 radical (unpaired) electrons. The minimum atomic E-state index is -4.49. The van der Waals surface area contributed by atoms with Gasteiger partial charge in [0, 0.05) is 62.0 Å². The van der Waals surface area contributed by atoms with Crippen LogP contribution in [0.15, 0.2) is 67.0 Å². The molecule has 0 saturated carbocycles. The van der Waals surface area contributed by atoms with Crippen LogP contribution >= 0.6 is 0 Å². The van der Waals surface area contributed by atoms with Crippen molar-refractivity contribution < 1.29 is 42.1 Å². The molecule has 0 aliphatic carbocycles. The Morgan fingerprint density at radius 3 is 2.38 bits per heavy atom. The second kappa shape index (κ2) is 17.3. The van der Waals surface area contributed by atoms with E-state index in [0.717, 1.165) is 18.6 Å². The van der Waals surface area contributed by atoms with Gasteiger partial charge in [-0.1, -0.05) is 6.92 Å². The molecule has 1 aliphatic rings. The summed E-state index contributed by atoms with van der Waals surface area (Å²) in [6.07, 6.45) is -0.122. The molecule has 11 nitrogen and oxygen atoms in total. The molecular formula is C36H44F3N5O6. The zero-order valence-electron chi connectivity index (χ0n) is 28.6. The molecule has 2 aromatic carbocycles. The molecule has 0 spiro atoms. The number of fused-ring (bicyclic) bond motifs is 1. The summed E-state index contributed by atoms with van der Waals surface area (Å²) < 4.78 is 51.5. The number of likely N-dealkylation sites (N-methyl/N-ethyl adjacent to an activating group) is 1. The number of halogens is 3. The van der Waals surface area contributed by atoms with E-state index in [9.17, 15) is 32.7 Å². The number of alkyl halides is 3. The van der Waals surface area contributed by atoms with Gasteiger partial charge in [-0.05, 0) is 87.7 Å². The summed E-state index contributed by atoms with van der Waals surface area (Å²) in [6.45, 7) is 5.82. The van der Waals surface area contributed by atoms with Gasteiger partial charge < -0.3 is 35.0 Å². The van der Waals surface area contributed by atoms with Gasteiger partial charge in [-0.25, -0.2) is 4.79 Å². The van der Waals surface area contributed by atoms with Crippen LogP contribution in [0.4, 0.5) is 29.3 Å². The maximum Gasteiger partial charge on any atom is 0.416 e. The van der Waals surface area contributed by atoms with Crippen LogP contribution in [0, 0.1) is 5.92 Å². The summed E-state index contributed by atoms with van der Waals surface area (Å²) in [4.78, 5) is 47.1. The number of nitrogens with one attached hydrogen (secondary N) is 2. The van der Waals surface area contributed by atoms with Crippen molar-refractivity contribution in [3.63, 3.8) is 0 Å². The van der Waals surface area contributed by atoms with E-state index in [1.165, 1.54) is 34.3 Å². The maximum absolute atomic E-state index is 14.3. The van der Waals surface area contributed by atoms with Crippen LogP contribution in [0.1, 0.15) is 66.3 Å². The van der Waals surface area contributed by atoms with Gasteiger partial charge in [0.05, 0.1) is 36.0 Å². The van der Waals surface area contributed by atoms with Crippen molar-refractivity contribution in [3.05, 3.63) is 83.7 Å². The van der Waals surface area contributed by atoms with Gasteiger partial charge >= 0.3 is 12.2 Å². The van der Waals surface area contributed by atoms with E-state index in [2.05, 4.69) is 15.6 Å². The fourth-order valence-electron chi connectivity index (χ4n) is 5.48. The number of anilines is 2. The molecule has 270 valence electrons. The third-order valence-corrected chi connectivity index (χ3v) is 8.52. The van der Waals surface area contributed by atoms with Crippen LogP contribution in [0.3, 0.4) is 0 Å². The molecule has 50 heavy (non-hydrogen) atoms. The van der Waals surface area contributed by atoms with Crippen LogP contribution in [-0.2, 0) is 10.9 Å². The third kappa shape index (κ3) is 10.4. The summed E-state index contributed by atoms with van der Waals surface area (Å²) in [5.74, 6) is -0.799. The van der Waals surface area contributed by atoms with Gasteiger partial charge in [-0.3, -0.25) is 14.6 Å². The highest BCUT2D eigenvalue weighted by molar-refractivity contribution is 6.05. The van der Waals surface area contributed by atoms with Crippen molar-refractivity contribution >= 4 is 29.2 Å². The SMILES string of the molecule is C[C@@H]1CCCCO[C@@H](CN(C)C(=O)Nc2ccc(C(F)(F)F)cc2)[C@H](C)CN([C@@H](C)CO)C(=O)c2cc(NC(=O)c3ccncc3)ccc2O1. The number of urea groups is 1. The fraction of sp³-hybridized carbons (Fsp3) is 0.444. The van der Waals surface area contributed by atoms with Gasteiger partial charge in [0.1, 0.15) is 5.75 Å². The minimum Gasteiger partial charge on any atom is -0.490 e. The Labute approximate surface area is 289 Å². The van der Waals surface area contributed by atoms with Crippen molar-refractivity contribution in [1.82, 2.24) is 14.8 Å². The third-order valence-electron chi connectivity index (χ3n) is 8.52. The Balaban J connectivity index is 1.57. The average Bonchev–Trinajstić information content (AvgIpc) is 3.09. The number of aromatic nitrogens is 1. The highest BCUT2D eigenvalue weighted by Crippen LogP contribution is 2.31. The quantitative estimate of drug-likeness (QED) is 0.263. The van der Waals surface area contributed by atoms with E-state index in [1.807, 2.05) is 13.8 Å². The van der Waals surface area contributed by atoms with Crippen molar-refractivity contribution in [2.45, 2.75) is 64.5 Å². The largest absolute Gasteiger partial charge is 0.490 e. The lowest BCUT2D eigenvalue weighted by Crippen LogP contribution is -2.48. The van der Waals surface area contributed by atoms with Crippen LogP contribution in [0.5, 0.6) is 5.75 Å². The molecule has 0 fully saturated rings. The monoisotopic (exact) mass is 699 g/mol. The molecule has 3 N–H and O–H groups in total. The van der Waals surface area contributed by atoms with E-state index in [4.69, 9.17) is 9.47 Å². The highest BCUT2D eigenvalue weighted by Gasteiger charge is 2.32. The van der Waals surface area contributed by atoms with E-state index < -0.39 is 35.8 Å². The van der Waals surface area contributed by atoms with Crippen LogP contribution < -0.4 is 15.4 Å². The topological polar surface area (TPSA) is 133 Å². The van der Waals surface area contributed by atoms with Crippen molar-refractivity contribution in [2.24, 2.45) is 5.92 Å². The normalized spacial score (nSPS) is 19.7. The molecule has 0 unspecified atom stereocenters. The first-order chi connectivity index (χ1) is 23.8. The molecule has 0 bridgehead atoms. The van der Waals surface area contributed by atoms with Gasteiger partial charge in [-0.15, -0.1) is 0 Å². The maximum atomic E-state index is 14.3. The first-order valence-corrected chi connectivity index (χ1v) is 16.5. The lowest BCUT2D eigenvalue weighted by Gasteiger charge is -2.35. The predicted octanol–water partition coefficient (Wildman–Crippen LogP) is 6.31. The number of amides is 4. The van der Waals surface area contributed by atoms with Gasteiger partial charge in [0.15, 0.2) is 0 Å². The fourth-order valence-corrected chi connectivity index (χ4v) is 5.48. The van der Waals surface area contributed by atoms with Crippen LogP contribution in [-0.4, -0.2) is 89.3 Å². The summed E-state index contributed by atoms with van der Waals surface area (Å²) in [7, 11) is 1.55. The lowest BCUT2D eigenvalue weighted by molar-refractivity contribution is -0.137. The summed E-state index contributed by atoms with van der Waals surface area (Å²) in [6, 6.07) is 11.0. The molecule has 0 saturated heterocycles. The molecule has 2 heterocycles.